The van der Waals surface area contributed by atoms with Gasteiger partial charge in [-0.15, -0.1) is 5.10 Å². The SMILES string of the molecule is CNc1cc(C)nc(Nc2ccc(OC)c(-c3nc4cnccn4n3)c2)n1. The zero-order chi connectivity index (χ0) is 18.8. The van der Waals surface area contributed by atoms with E-state index < -0.39 is 0 Å². The molecule has 0 radical (unpaired) electrons. The molecule has 4 aromatic rings. The normalized spacial score (nSPS) is 10.8. The van der Waals surface area contributed by atoms with Crippen molar-refractivity contribution < 1.29 is 4.74 Å². The largest absolute Gasteiger partial charge is 0.496 e. The van der Waals surface area contributed by atoms with Crippen molar-refractivity contribution in [1.29, 1.82) is 0 Å². The average molecular weight is 362 g/mol. The van der Waals surface area contributed by atoms with Gasteiger partial charge in [-0.1, -0.05) is 0 Å². The third-order valence-electron chi connectivity index (χ3n) is 3.95. The third kappa shape index (κ3) is 3.34. The van der Waals surface area contributed by atoms with E-state index in [9.17, 15) is 0 Å². The van der Waals surface area contributed by atoms with Crippen molar-refractivity contribution >= 4 is 23.1 Å². The number of rotatable bonds is 5. The van der Waals surface area contributed by atoms with Gasteiger partial charge in [0.2, 0.25) is 5.95 Å². The summed E-state index contributed by atoms with van der Waals surface area (Å²) in [4.78, 5) is 17.4. The molecule has 3 aromatic heterocycles. The Hall–Kier alpha value is -3.75. The molecule has 0 aliphatic heterocycles. The van der Waals surface area contributed by atoms with Gasteiger partial charge in [-0.25, -0.2) is 14.5 Å². The molecule has 0 fully saturated rings. The van der Waals surface area contributed by atoms with Crippen LogP contribution in [-0.4, -0.2) is 43.7 Å². The van der Waals surface area contributed by atoms with Crippen molar-refractivity contribution in [3.05, 3.63) is 48.5 Å². The summed E-state index contributed by atoms with van der Waals surface area (Å²) in [6.45, 7) is 1.92. The molecule has 9 heteroatoms. The first-order valence-corrected chi connectivity index (χ1v) is 8.31. The lowest BCUT2D eigenvalue weighted by molar-refractivity contribution is 0.416. The standard InChI is InChI=1S/C18H18N8O/c1-11-8-15(19-2)23-18(21-11)22-12-4-5-14(27-3)13(9-12)17-24-16-10-20-6-7-26(16)25-17/h4-10H,1-3H3,(H2,19,21,22,23). The van der Waals surface area contributed by atoms with E-state index in [0.717, 1.165) is 22.8 Å². The fraction of sp³-hybridized carbons (Fsp3) is 0.167. The Morgan fingerprint density at radius 1 is 1.11 bits per heavy atom. The van der Waals surface area contributed by atoms with E-state index in [1.54, 1.807) is 30.2 Å². The maximum absolute atomic E-state index is 5.48. The van der Waals surface area contributed by atoms with Crippen LogP contribution in [0.2, 0.25) is 0 Å². The summed E-state index contributed by atoms with van der Waals surface area (Å²) in [5, 5.41) is 10.7. The Balaban J connectivity index is 1.73. The van der Waals surface area contributed by atoms with Crippen LogP contribution >= 0.6 is 0 Å². The van der Waals surface area contributed by atoms with Gasteiger partial charge in [0, 0.05) is 36.9 Å². The van der Waals surface area contributed by atoms with Gasteiger partial charge in [0.05, 0.1) is 18.9 Å². The summed E-state index contributed by atoms with van der Waals surface area (Å²) in [6, 6.07) is 7.53. The van der Waals surface area contributed by atoms with Crippen LogP contribution in [0.25, 0.3) is 17.0 Å². The molecule has 0 amide bonds. The Kier molecular flexibility index (Phi) is 4.25. The maximum Gasteiger partial charge on any atom is 0.229 e. The molecule has 0 bridgehead atoms. The highest BCUT2D eigenvalue weighted by Gasteiger charge is 2.13. The molecule has 1 aromatic carbocycles. The monoisotopic (exact) mass is 362 g/mol. The molecule has 0 saturated carbocycles. The van der Waals surface area contributed by atoms with Gasteiger partial charge in [0.1, 0.15) is 11.6 Å². The van der Waals surface area contributed by atoms with Crippen molar-refractivity contribution in [3.8, 4) is 17.1 Å². The Bertz CT molecular complexity index is 1070. The second-order valence-corrected chi connectivity index (χ2v) is 5.82. The molecule has 0 saturated heterocycles. The molecule has 4 rings (SSSR count). The van der Waals surface area contributed by atoms with Gasteiger partial charge in [0.15, 0.2) is 11.5 Å². The molecule has 9 nitrogen and oxygen atoms in total. The summed E-state index contributed by atoms with van der Waals surface area (Å²) in [6.07, 6.45) is 5.07. The second kappa shape index (κ2) is 6.87. The summed E-state index contributed by atoms with van der Waals surface area (Å²) >= 11 is 0. The molecule has 3 heterocycles. The van der Waals surface area contributed by atoms with E-state index in [1.165, 1.54) is 0 Å². The lowest BCUT2D eigenvalue weighted by Crippen LogP contribution is -2.02. The van der Waals surface area contributed by atoms with E-state index in [4.69, 9.17) is 4.74 Å². The van der Waals surface area contributed by atoms with E-state index in [-0.39, 0.29) is 0 Å². The average Bonchev–Trinajstić information content (AvgIpc) is 3.11. The van der Waals surface area contributed by atoms with E-state index >= 15 is 0 Å². The van der Waals surface area contributed by atoms with Crippen LogP contribution in [0.15, 0.2) is 42.9 Å². The number of nitrogens with zero attached hydrogens (tertiary/aromatic N) is 6. The van der Waals surface area contributed by atoms with Crippen molar-refractivity contribution in [2.45, 2.75) is 6.92 Å². The lowest BCUT2D eigenvalue weighted by Gasteiger charge is -2.11. The number of hydrogen-bond donors (Lipinski definition) is 2. The number of aryl methyl sites for hydroxylation is 1. The summed E-state index contributed by atoms with van der Waals surface area (Å²) in [5.74, 6) is 2.46. The van der Waals surface area contributed by atoms with Crippen LogP contribution in [0.3, 0.4) is 0 Å². The molecule has 0 spiro atoms. The number of fused-ring (bicyclic) bond motifs is 1. The van der Waals surface area contributed by atoms with Gasteiger partial charge in [-0.3, -0.25) is 4.98 Å². The van der Waals surface area contributed by atoms with Gasteiger partial charge in [-0.05, 0) is 25.1 Å². The highest BCUT2D eigenvalue weighted by Crippen LogP contribution is 2.31. The number of ether oxygens (including phenoxy) is 1. The van der Waals surface area contributed by atoms with Gasteiger partial charge < -0.3 is 15.4 Å². The highest BCUT2D eigenvalue weighted by molar-refractivity contribution is 5.72. The number of aromatic nitrogens is 6. The molecule has 0 unspecified atom stereocenters. The molecule has 2 N–H and O–H groups in total. The van der Waals surface area contributed by atoms with E-state index in [2.05, 4.69) is 35.7 Å². The number of nitrogens with one attached hydrogen (secondary N) is 2. The lowest BCUT2D eigenvalue weighted by atomic mass is 10.1. The Labute approximate surface area is 155 Å². The summed E-state index contributed by atoms with van der Waals surface area (Å²) in [7, 11) is 3.44. The Morgan fingerprint density at radius 2 is 2.00 bits per heavy atom. The van der Waals surface area contributed by atoms with Crippen LogP contribution in [0.1, 0.15) is 5.69 Å². The zero-order valence-electron chi connectivity index (χ0n) is 15.1. The second-order valence-electron chi connectivity index (χ2n) is 5.82. The summed E-state index contributed by atoms with van der Waals surface area (Å²) in [5.41, 5.74) is 3.08. The number of benzene rings is 1. The minimum absolute atomic E-state index is 0.502. The van der Waals surface area contributed by atoms with Crippen LogP contribution in [0.5, 0.6) is 5.75 Å². The molecular weight excluding hydrogens is 344 g/mol. The summed E-state index contributed by atoms with van der Waals surface area (Å²) < 4.78 is 7.15. The Morgan fingerprint density at radius 3 is 2.78 bits per heavy atom. The minimum Gasteiger partial charge on any atom is -0.496 e. The van der Waals surface area contributed by atoms with Crippen molar-refractivity contribution in [1.82, 2.24) is 29.5 Å². The fourth-order valence-corrected chi connectivity index (χ4v) is 2.70. The van der Waals surface area contributed by atoms with Crippen LogP contribution in [0.4, 0.5) is 17.5 Å². The number of anilines is 3. The number of methoxy groups -OCH3 is 1. The molecule has 0 aliphatic rings. The topological polar surface area (TPSA) is 102 Å². The smallest absolute Gasteiger partial charge is 0.229 e. The highest BCUT2D eigenvalue weighted by atomic mass is 16.5. The van der Waals surface area contributed by atoms with Gasteiger partial charge in [-0.2, -0.15) is 4.98 Å². The third-order valence-corrected chi connectivity index (χ3v) is 3.95. The van der Waals surface area contributed by atoms with Gasteiger partial charge in [0.25, 0.3) is 0 Å². The van der Waals surface area contributed by atoms with Crippen molar-refractivity contribution in [3.63, 3.8) is 0 Å². The fourth-order valence-electron chi connectivity index (χ4n) is 2.70. The van der Waals surface area contributed by atoms with Gasteiger partial charge >= 0.3 is 0 Å². The molecular formula is C18H18N8O. The van der Waals surface area contributed by atoms with Crippen LogP contribution < -0.4 is 15.4 Å². The molecule has 0 atom stereocenters. The van der Waals surface area contributed by atoms with Crippen LogP contribution in [-0.2, 0) is 0 Å². The predicted molar refractivity (Wildman–Crippen MR) is 102 cm³/mol. The minimum atomic E-state index is 0.502. The quantitative estimate of drug-likeness (QED) is 0.559. The molecule has 136 valence electrons. The van der Waals surface area contributed by atoms with E-state index in [1.807, 2.05) is 38.2 Å². The van der Waals surface area contributed by atoms with Crippen molar-refractivity contribution in [2.24, 2.45) is 0 Å². The molecule has 0 aliphatic carbocycles. The number of hydrogen-bond acceptors (Lipinski definition) is 8. The first-order valence-electron chi connectivity index (χ1n) is 8.31. The zero-order valence-corrected chi connectivity index (χ0v) is 15.1. The van der Waals surface area contributed by atoms with Crippen molar-refractivity contribution in [2.75, 3.05) is 24.8 Å². The first kappa shape index (κ1) is 16.7. The predicted octanol–water partition coefficient (Wildman–Crippen LogP) is 2.68. The van der Waals surface area contributed by atoms with E-state index in [0.29, 0.717) is 23.2 Å². The van der Waals surface area contributed by atoms with Crippen LogP contribution in [0, 0.1) is 6.92 Å². The molecule has 27 heavy (non-hydrogen) atoms. The first-order chi connectivity index (χ1) is 13.2. The maximum atomic E-state index is 5.48.